The Hall–Kier alpha value is -1.04. The van der Waals surface area contributed by atoms with Crippen LogP contribution in [0.2, 0.25) is 5.02 Å². The summed E-state index contributed by atoms with van der Waals surface area (Å²) in [6.45, 7) is 0.0787. The Kier molecular flexibility index (Phi) is 4.14. The van der Waals surface area contributed by atoms with Crippen molar-refractivity contribution in [2.75, 3.05) is 14.2 Å². The molecule has 15 heavy (non-hydrogen) atoms. The lowest BCUT2D eigenvalue weighted by molar-refractivity contribution is 0.0860. The van der Waals surface area contributed by atoms with Crippen molar-refractivity contribution in [3.05, 3.63) is 22.5 Å². The van der Waals surface area contributed by atoms with Crippen LogP contribution in [0.3, 0.4) is 0 Å². The van der Waals surface area contributed by atoms with E-state index in [0.717, 1.165) is 6.07 Å². The zero-order chi connectivity index (χ0) is 11.4. The minimum absolute atomic E-state index is 0.0322. The number of phenols is 1. The van der Waals surface area contributed by atoms with Gasteiger partial charge < -0.3 is 14.7 Å². The molecular formula is C9H11ClFNO3. The largest absolute Gasteiger partial charge is 0.504 e. The monoisotopic (exact) mass is 235 g/mol. The van der Waals surface area contributed by atoms with Gasteiger partial charge in [-0.2, -0.15) is 5.48 Å². The van der Waals surface area contributed by atoms with E-state index in [2.05, 4.69) is 10.3 Å². The summed E-state index contributed by atoms with van der Waals surface area (Å²) in [5.74, 6) is -0.822. The van der Waals surface area contributed by atoms with E-state index in [-0.39, 0.29) is 28.6 Å². The summed E-state index contributed by atoms with van der Waals surface area (Å²) in [6.07, 6.45) is 0. The summed E-state index contributed by atoms with van der Waals surface area (Å²) in [7, 11) is 2.73. The molecule has 0 unspecified atom stereocenters. The zero-order valence-corrected chi connectivity index (χ0v) is 9.06. The van der Waals surface area contributed by atoms with Gasteiger partial charge in [-0.05, 0) is 0 Å². The van der Waals surface area contributed by atoms with Crippen LogP contribution in [0, 0.1) is 5.82 Å². The van der Waals surface area contributed by atoms with Crippen LogP contribution in [0.15, 0.2) is 6.07 Å². The zero-order valence-electron chi connectivity index (χ0n) is 8.30. The molecule has 0 spiro atoms. The van der Waals surface area contributed by atoms with Gasteiger partial charge in [-0.3, -0.25) is 0 Å². The fourth-order valence-electron chi connectivity index (χ4n) is 1.10. The third kappa shape index (κ3) is 2.50. The predicted molar refractivity (Wildman–Crippen MR) is 53.5 cm³/mol. The van der Waals surface area contributed by atoms with Crippen LogP contribution < -0.4 is 10.2 Å². The Morgan fingerprint density at radius 1 is 1.53 bits per heavy atom. The highest BCUT2D eigenvalue weighted by atomic mass is 35.5. The Balaban J connectivity index is 3.15. The van der Waals surface area contributed by atoms with Crippen LogP contribution >= 0.6 is 11.6 Å². The topological polar surface area (TPSA) is 50.7 Å². The van der Waals surface area contributed by atoms with E-state index in [1.54, 1.807) is 0 Å². The maximum Gasteiger partial charge on any atom is 0.164 e. The molecule has 0 aliphatic carbocycles. The molecule has 6 heteroatoms. The molecule has 0 aliphatic rings. The van der Waals surface area contributed by atoms with Crippen molar-refractivity contribution < 1.29 is 19.1 Å². The van der Waals surface area contributed by atoms with Gasteiger partial charge in [-0.1, -0.05) is 11.6 Å². The van der Waals surface area contributed by atoms with Crippen LogP contribution in [0.5, 0.6) is 11.5 Å². The van der Waals surface area contributed by atoms with Gasteiger partial charge in [-0.15, -0.1) is 0 Å². The number of halogens is 2. The lowest BCUT2D eigenvalue weighted by Gasteiger charge is -2.11. The van der Waals surface area contributed by atoms with Gasteiger partial charge in [0, 0.05) is 11.6 Å². The highest BCUT2D eigenvalue weighted by Gasteiger charge is 2.16. The fourth-order valence-corrected chi connectivity index (χ4v) is 1.32. The smallest absolute Gasteiger partial charge is 0.164 e. The first-order valence-corrected chi connectivity index (χ1v) is 4.49. The third-order valence-corrected chi connectivity index (χ3v) is 2.27. The van der Waals surface area contributed by atoms with Gasteiger partial charge in [0.25, 0.3) is 0 Å². The van der Waals surface area contributed by atoms with E-state index in [0.29, 0.717) is 0 Å². The van der Waals surface area contributed by atoms with E-state index in [4.69, 9.17) is 16.3 Å². The molecule has 0 bridgehead atoms. The van der Waals surface area contributed by atoms with Crippen molar-refractivity contribution in [1.29, 1.82) is 0 Å². The standard InChI is InChI=1S/C9H11ClFNO3/c1-14-7-3-6(11)8(10)5(9(7)13)4-12-15-2/h3,12-13H,4H2,1-2H3. The Morgan fingerprint density at radius 3 is 2.73 bits per heavy atom. The minimum Gasteiger partial charge on any atom is -0.504 e. The maximum atomic E-state index is 13.2. The second kappa shape index (κ2) is 5.16. The van der Waals surface area contributed by atoms with E-state index in [1.807, 2.05) is 0 Å². The molecule has 0 aromatic heterocycles. The van der Waals surface area contributed by atoms with E-state index < -0.39 is 5.82 Å². The van der Waals surface area contributed by atoms with Crippen molar-refractivity contribution in [2.45, 2.75) is 6.54 Å². The van der Waals surface area contributed by atoms with Crippen molar-refractivity contribution in [2.24, 2.45) is 0 Å². The molecule has 0 saturated carbocycles. The Morgan fingerprint density at radius 2 is 2.20 bits per heavy atom. The number of hydrogen-bond donors (Lipinski definition) is 2. The van der Waals surface area contributed by atoms with Crippen LogP contribution in [-0.4, -0.2) is 19.3 Å². The molecular weight excluding hydrogens is 225 g/mol. The summed E-state index contributed by atoms with van der Waals surface area (Å²) in [5.41, 5.74) is 2.65. The van der Waals surface area contributed by atoms with E-state index in [9.17, 15) is 9.50 Å². The molecule has 0 aliphatic heterocycles. The number of hydrogen-bond acceptors (Lipinski definition) is 4. The Labute approximate surface area is 91.5 Å². The third-order valence-electron chi connectivity index (χ3n) is 1.86. The first-order chi connectivity index (χ1) is 7.11. The number of aromatic hydroxyl groups is 1. The molecule has 1 rings (SSSR count). The second-order valence-electron chi connectivity index (χ2n) is 2.73. The van der Waals surface area contributed by atoms with Gasteiger partial charge in [0.05, 0.1) is 25.8 Å². The van der Waals surface area contributed by atoms with Crippen molar-refractivity contribution in [3.63, 3.8) is 0 Å². The molecule has 0 amide bonds. The van der Waals surface area contributed by atoms with Crippen molar-refractivity contribution in [3.8, 4) is 11.5 Å². The lowest BCUT2D eigenvalue weighted by atomic mass is 10.2. The van der Waals surface area contributed by atoms with Crippen LogP contribution in [0.25, 0.3) is 0 Å². The summed E-state index contributed by atoms with van der Waals surface area (Å²) in [4.78, 5) is 4.59. The van der Waals surface area contributed by atoms with E-state index >= 15 is 0 Å². The van der Waals surface area contributed by atoms with Crippen molar-refractivity contribution >= 4 is 11.6 Å². The second-order valence-corrected chi connectivity index (χ2v) is 3.10. The van der Waals surface area contributed by atoms with Crippen molar-refractivity contribution in [1.82, 2.24) is 5.48 Å². The highest BCUT2D eigenvalue weighted by molar-refractivity contribution is 6.31. The number of benzene rings is 1. The van der Waals surface area contributed by atoms with Gasteiger partial charge in [0.15, 0.2) is 11.5 Å². The predicted octanol–water partition coefficient (Wildman–Crippen LogP) is 1.84. The highest BCUT2D eigenvalue weighted by Crippen LogP contribution is 2.36. The normalized spacial score (nSPS) is 10.4. The molecule has 0 radical (unpaired) electrons. The number of rotatable bonds is 4. The SMILES string of the molecule is CONCc1c(O)c(OC)cc(F)c1Cl. The number of hydroxylamine groups is 1. The number of methoxy groups -OCH3 is 1. The summed E-state index contributed by atoms with van der Waals surface area (Å²) < 4.78 is 18.0. The molecule has 1 aromatic carbocycles. The molecule has 4 nitrogen and oxygen atoms in total. The van der Waals surface area contributed by atoms with Gasteiger partial charge in [-0.25, -0.2) is 4.39 Å². The lowest BCUT2D eigenvalue weighted by Crippen LogP contribution is -2.12. The fraction of sp³-hybridized carbons (Fsp3) is 0.333. The van der Waals surface area contributed by atoms with Gasteiger partial charge in [0.2, 0.25) is 0 Å². The summed E-state index contributed by atoms with van der Waals surface area (Å²) >= 11 is 5.68. The molecule has 0 heterocycles. The molecule has 2 N–H and O–H groups in total. The van der Waals surface area contributed by atoms with Gasteiger partial charge in [0.1, 0.15) is 5.82 Å². The van der Waals surface area contributed by atoms with Crippen LogP contribution in [0.1, 0.15) is 5.56 Å². The number of nitrogens with one attached hydrogen (secondary N) is 1. The van der Waals surface area contributed by atoms with E-state index in [1.165, 1.54) is 14.2 Å². The minimum atomic E-state index is -0.654. The molecule has 84 valence electrons. The summed E-state index contributed by atoms with van der Waals surface area (Å²) in [5, 5.41) is 9.49. The average Bonchev–Trinajstić information content (AvgIpc) is 2.23. The molecule has 0 atom stereocenters. The molecule has 0 fully saturated rings. The molecule has 1 aromatic rings. The van der Waals surface area contributed by atoms with Crippen LogP contribution in [0.4, 0.5) is 4.39 Å². The van der Waals surface area contributed by atoms with Gasteiger partial charge >= 0.3 is 0 Å². The average molecular weight is 236 g/mol. The summed E-state index contributed by atoms with van der Waals surface area (Å²) in [6, 6.07) is 1.02. The first-order valence-electron chi connectivity index (χ1n) is 4.11. The Bertz CT molecular complexity index is 360. The maximum absolute atomic E-state index is 13.2. The molecule has 0 saturated heterocycles. The number of ether oxygens (including phenoxy) is 1. The number of phenolic OH excluding ortho intramolecular Hbond substituents is 1. The quantitative estimate of drug-likeness (QED) is 0.782. The first kappa shape index (κ1) is 12.0. The van der Waals surface area contributed by atoms with Crippen LogP contribution in [-0.2, 0) is 11.4 Å².